The van der Waals surface area contributed by atoms with Gasteiger partial charge in [-0.1, -0.05) is 117 Å². The summed E-state index contributed by atoms with van der Waals surface area (Å²) in [7, 11) is -4.55. The lowest BCUT2D eigenvalue weighted by molar-refractivity contribution is 0.256. The first-order valence-corrected chi connectivity index (χ1v) is 20.2. The summed E-state index contributed by atoms with van der Waals surface area (Å²) in [5.74, 6) is 0. The van der Waals surface area contributed by atoms with Crippen LogP contribution in [0, 0.1) is 0 Å². The number of fused-ring (bicyclic) bond motifs is 1. The van der Waals surface area contributed by atoms with Crippen LogP contribution in [0.3, 0.4) is 0 Å². The summed E-state index contributed by atoms with van der Waals surface area (Å²) < 4.78 is 0. The Balaban J connectivity index is 1.80. The van der Waals surface area contributed by atoms with E-state index >= 15 is 0 Å². The SMILES string of the molecule is CCC1=Cc2cccc(-c3cc(C(C)(C)C)cc(C(C)(C)C)c3)c2C1NC(=O)[Si](C)(C)B1NC(=O)[Si]1(C)C. The molecule has 4 rings (SSSR count). The van der Waals surface area contributed by atoms with Gasteiger partial charge in [-0.15, -0.1) is 0 Å². The van der Waals surface area contributed by atoms with Gasteiger partial charge in [-0.3, -0.25) is 9.59 Å². The normalized spacial score (nSPS) is 18.9. The van der Waals surface area contributed by atoms with Crippen LogP contribution < -0.4 is 10.5 Å². The Labute approximate surface area is 232 Å². The third-order valence-corrected chi connectivity index (χ3v) is 18.8. The van der Waals surface area contributed by atoms with Crippen LogP contribution in [0.4, 0.5) is 9.59 Å². The highest BCUT2D eigenvalue weighted by atomic mass is 28.4. The van der Waals surface area contributed by atoms with Crippen LogP contribution in [0.5, 0.6) is 0 Å². The van der Waals surface area contributed by atoms with E-state index in [1.54, 1.807) is 0 Å². The van der Waals surface area contributed by atoms with Crippen LogP contribution in [-0.2, 0) is 10.8 Å². The fraction of sp³-hybridized carbons (Fsp3) is 0.484. The molecule has 1 aliphatic heterocycles. The van der Waals surface area contributed by atoms with Gasteiger partial charge in [0.15, 0.2) is 11.1 Å². The van der Waals surface area contributed by atoms with E-state index in [4.69, 9.17) is 0 Å². The Kier molecular flexibility index (Phi) is 7.06. The van der Waals surface area contributed by atoms with E-state index in [0.717, 1.165) is 6.42 Å². The number of carbonyl (C=O) groups is 2. The minimum absolute atomic E-state index is 0.0218. The zero-order valence-corrected chi connectivity index (χ0v) is 27.2. The molecule has 38 heavy (non-hydrogen) atoms. The Morgan fingerprint density at radius 2 is 1.61 bits per heavy atom. The van der Waals surface area contributed by atoms with E-state index in [2.05, 4.69) is 128 Å². The fourth-order valence-corrected chi connectivity index (χ4v) is 16.4. The van der Waals surface area contributed by atoms with Gasteiger partial charge in [0, 0.05) is 0 Å². The summed E-state index contributed by atoms with van der Waals surface area (Å²) >= 11 is 0. The molecular formula is C31H45BN2O2Si2. The lowest BCUT2D eigenvalue weighted by Gasteiger charge is -2.46. The average molecular weight is 545 g/mol. The minimum atomic E-state index is -2.44. The summed E-state index contributed by atoms with van der Waals surface area (Å²) in [5.41, 5.74) is 9.01. The highest BCUT2D eigenvalue weighted by Crippen LogP contribution is 2.44. The molecule has 0 bridgehead atoms. The zero-order chi connectivity index (χ0) is 28.4. The van der Waals surface area contributed by atoms with Crippen molar-refractivity contribution in [3.8, 4) is 11.1 Å². The molecule has 1 fully saturated rings. The molecule has 0 aromatic heterocycles. The summed E-state index contributed by atoms with van der Waals surface area (Å²) in [4.78, 5) is 26.2. The van der Waals surface area contributed by atoms with Gasteiger partial charge in [-0.05, 0) is 56.2 Å². The molecule has 1 atom stereocenters. The number of nitrogens with one attached hydrogen (secondary N) is 2. The molecule has 2 amide bonds. The molecule has 7 heteroatoms. The van der Waals surface area contributed by atoms with Crippen molar-refractivity contribution < 1.29 is 9.59 Å². The number of benzene rings is 2. The molecule has 0 saturated carbocycles. The van der Waals surface area contributed by atoms with Crippen molar-refractivity contribution >= 4 is 39.1 Å². The molecular weight excluding hydrogens is 499 g/mol. The van der Waals surface area contributed by atoms with Gasteiger partial charge >= 0.3 is 0 Å². The fourth-order valence-electron chi connectivity index (χ4n) is 5.95. The third-order valence-electron chi connectivity index (χ3n) is 8.69. The molecule has 1 unspecified atom stereocenters. The second-order valence-electron chi connectivity index (χ2n) is 14.4. The monoisotopic (exact) mass is 544 g/mol. The van der Waals surface area contributed by atoms with E-state index in [-0.39, 0.29) is 34.0 Å². The lowest BCUT2D eigenvalue weighted by Crippen LogP contribution is -2.87. The Morgan fingerprint density at radius 1 is 1.03 bits per heavy atom. The average Bonchev–Trinajstić information content (AvgIpc) is 3.18. The summed E-state index contributed by atoms with van der Waals surface area (Å²) in [6.45, 7) is 24.2. The molecule has 4 nitrogen and oxygen atoms in total. The zero-order valence-electron chi connectivity index (χ0n) is 25.2. The van der Waals surface area contributed by atoms with E-state index in [0.29, 0.717) is 0 Å². The number of hydrogen-bond acceptors (Lipinski definition) is 2. The summed E-state index contributed by atoms with van der Waals surface area (Å²) in [6, 6.07) is 13.5. The third kappa shape index (κ3) is 4.88. The van der Waals surface area contributed by atoms with E-state index in [9.17, 15) is 9.59 Å². The predicted octanol–water partition coefficient (Wildman–Crippen LogP) is 7.96. The van der Waals surface area contributed by atoms with Crippen LogP contribution in [-0.4, -0.2) is 33.0 Å². The van der Waals surface area contributed by atoms with Gasteiger partial charge in [-0.25, -0.2) is 0 Å². The lowest BCUT2D eigenvalue weighted by atomic mass is 9.78. The van der Waals surface area contributed by atoms with E-state index in [1.807, 2.05) is 0 Å². The molecule has 1 heterocycles. The van der Waals surface area contributed by atoms with Crippen molar-refractivity contribution in [2.24, 2.45) is 0 Å². The van der Waals surface area contributed by atoms with E-state index in [1.165, 1.54) is 39.0 Å². The first-order valence-electron chi connectivity index (χ1n) is 14.0. The highest BCUT2D eigenvalue weighted by molar-refractivity contribution is 7.75. The van der Waals surface area contributed by atoms with Crippen molar-refractivity contribution in [3.05, 3.63) is 64.2 Å². The standard InChI is InChI=1S/C31H45BN2O2Si2/c1-12-20-16-21-14-13-15-25(22-17-23(30(2,3)4)19-24(18-22)31(5,6)7)26(21)27(20)33-28(35)37(8,9)32-34-29(36)38(32,10)11/h13-19,27H,12H2,1-11H3,(H,33,35)(H,34,36). The maximum atomic E-state index is 13.9. The molecule has 0 radical (unpaired) electrons. The number of carbonyl (C=O) groups excluding carboxylic acids is 2. The summed E-state index contributed by atoms with van der Waals surface area (Å²) in [6.07, 6.45) is 3.14. The van der Waals surface area contributed by atoms with Gasteiger partial charge in [0.05, 0.1) is 6.04 Å². The highest BCUT2D eigenvalue weighted by Gasteiger charge is 2.63. The topological polar surface area (TPSA) is 58.2 Å². The number of amides is 2. The first-order chi connectivity index (χ1) is 17.4. The second-order valence-corrected chi connectivity index (χ2v) is 24.0. The minimum Gasteiger partial charge on any atom is -0.408 e. The molecule has 2 aromatic carbocycles. The molecule has 1 aliphatic carbocycles. The largest absolute Gasteiger partial charge is 0.408 e. The second kappa shape index (κ2) is 9.37. The Bertz CT molecular complexity index is 1300. The summed E-state index contributed by atoms with van der Waals surface area (Å²) in [5, 5.41) is 6.61. The smallest absolute Gasteiger partial charge is 0.254 e. The van der Waals surface area contributed by atoms with E-state index < -0.39 is 15.9 Å². The quantitative estimate of drug-likeness (QED) is 0.375. The molecule has 202 valence electrons. The van der Waals surface area contributed by atoms with Crippen molar-refractivity contribution in [1.82, 2.24) is 10.5 Å². The van der Waals surface area contributed by atoms with Crippen LogP contribution in [0.25, 0.3) is 17.2 Å². The molecule has 2 aromatic rings. The molecule has 1 saturated heterocycles. The van der Waals surface area contributed by atoms with Gasteiger partial charge in [0.25, 0.3) is 6.03 Å². The van der Waals surface area contributed by atoms with Crippen LogP contribution >= 0.6 is 0 Å². The van der Waals surface area contributed by atoms with Crippen LogP contribution in [0.15, 0.2) is 42.0 Å². The first kappa shape index (κ1) is 28.6. The Hall–Kier alpha value is -2.38. The van der Waals surface area contributed by atoms with Gasteiger partial charge < -0.3 is 10.5 Å². The van der Waals surface area contributed by atoms with Crippen molar-refractivity contribution in [1.29, 1.82) is 0 Å². The molecule has 2 N–H and O–H groups in total. The van der Waals surface area contributed by atoms with Crippen molar-refractivity contribution in [2.45, 2.75) is 97.9 Å². The van der Waals surface area contributed by atoms with Crippen molar-refractivity contribution in [3.63, 3.8) is 0 Å². The molecule has 2 aliphatic rings. The van der Waals surface area contributed by atoms with Crippen molar-refractivity contribution in [2.75, 3.05) is 0 Å². The molecule has 0 spiro atoms. The predicted molar refractivity (Wildman–Crippen MR) is 168 cm³/mol. The Morgan fingerprint density at radius 3 is 2.08 bits per heavy atom. The van der Waals surface area contributed by atoms with Gasteiger partial charge in [0.2, 0.25) is 0 Å². The number of hydrogen-bond donors (Lipinski definition) is 2. The number of rotatable bonds is 5. The van der Waals surface area contributed by atoms with Crippen LogP contribution in [0.1, 0.15) is 83.2 Å². The van der Waals surface area contributed by atoms with Gasteiger partial charge in [0.1, 0.15) is 15.9 Å². The maximum Gasteiger partial charge on any atom is 0.254 e. The van der Waals surface area contributed by atoms with Crippen LogP contribution in [0.2, 0.25) is 26.2 Å². The van der Waals surface area contributed by atoms with Gasteiger partial charge in [-0.2, -0.15) is 0 Å². The maximum absolute atomic E-state index is 13.9.